The van der Waals surface area contributed by atoms with Crippen molar-refractivity contribution in [3.05, 3.63) is 52.1 Å². The Bertz CT molecular complexity index is 935. The maximum Gasteiger partial charge on any atom is 0.237 e. The average molecular weight is 452 g/mol. The number of aromatic nitrogens is 2. The Kier molecular flexibility index (Phi) is 8.88. The van der Waals surface area contributed by atoms with Gasteiger partial charge in [0.05, 0.1) is 18.3 Å². The third-order valence-corrected chi connectivity index (χ3v) is 5.64. The van der Waals surface area contributed by atoms with Crippen LogP contribution in [0.5, 0.6) is 0 Å². The Morgan fingerprint density at radius 3 is 2.80 bits per heavy atom. The standard InChI is InChI=1S/C20H29N7OS.ClH/c21-17(6-3-9-24-19(22)23)18(28)25-11-16-12-26-20(29)27(16)15-8-7-13-4-1-2-5-14(13)10-15;/h1-2,4-5,12,15,17H,3,6-11,21H2,(H,25,28)(H,26,29)(H4,22,23,24);1H/t15?,17-;/m0./s1. The number of amides is 1. The predicted molar refractivity (Wildman–Crippen MR) is 124 cm³/mol. The van der Waals surface area contributed by atoms with Gasteiger partial charge in [0.25, 0.3) is 0 Å². The van der Waals surface area contributed by atoms with Crippen molar-refractivity contribution >= 4 is 36.5 Å². The van der Waals surface area contributed by atoms with E-state index in [1.807, 2.05) is 6.20 Å². The summed E-state index contributed by atoms with van der Waals surface area (Å²) in [4.78, 5) is 19.4. The zero-order valence-corrected chi connectivity index (χ0v) is 18.5. The van der Waals surface area contributed by atoms with Gasteiger partial charge in [-0.2, -0.15) is 0 Å². The van der Waals surface area contributed by atoms with Crippen molar-refractivity contribution in [1.82, 2.24) is 14.9 Å². The van der Waals surface area contributed by atoms with E-state index in [1.54, 1.807) is 0 Å². The van der Waals surface area contributed by atoms with Crippen LogP contribution in [0.3, 0.4) is 0 Å². The molecular weight excluding hydrogens is 422 g/mol. The fourth-order valence-corrected chi connectivity index (χ4v) is 4.13. The zero-order chi connectivity index (χ0) is 20.8. The van der Waals surface area contributed by atoms with Gasteiger partial charge < -0.3 is 32.1 Å². The lowest BCUT2D eigenvalue weighted by Crippen LogP contribution is -2.40. The highest BCUT2D eigenvalue weighted by Crippen LogP contribution is 2.30. The van der Waals surface area contributed by atoms with Crippen molar-refractivity contribution in [3.63, 3.8) is 0 Å². The number of hydrogen-bond acceptors (Lipinski definition) is 4. The van der Waals surface area contributed by atoms with Crippen LogP contribution in [0.2, 0.25) is 0 Å². The number of nitrogens with two attached hydrogens (primary N) is 3. The number of aliphatic imine (C=N–C) groups is 1. The number of hydrogen-bond donors (Lipinski definition) is 5. The second-order valence-corrected chi connectivity index (χ2v) is 7.78. The molecule has 30 heavy (non-hydrogen) atoms. The molecule has 1 aromatic heterocycles. The first kappa shape index (κ1) is 23.9. The number of fused-ring (bicyclic) bond motifs is 1. The largest absolute Gasteiger partial charge is 0.370 e. The maximum absolute atomic E-state index is 12.3. The van der Waals surface area contributed by atoms with Gasteiger partial charge in [-0.05, 0) is 55.4 Å². The number of nitrogens with one attached hydrogen (secondary N) is 2. The monoisotopic (exact) mass is 451 g/mol. The summed E-state index contributed by atoms with van der Waals surface area (Å²) in [6, 6.07) is 8.22. The first-order valence-corrected chi connectivity index (χ1v) is 10.3. The van der Waals surface area contributed by atoms with Crippen molar-refractivity contribution < 1.29 is 4.79 Å². The number of imidazole rings is 1. The van der Waals surface area contributed by atoms with E-state index in [9.17, 15) is 4.79 Å². The van der Waals surface area contributed by atoms with E-state index >= 15 is 0 Å². The summed E-state index contributed by atoms with van der Waals surface area (Å²) in [5.41, 5.74) is 20.3. The van der Waals surface area contributed by atoms with Crippen LogP contribution in [0.4, 0.5) is 0 Å². The van der Waals surface area contributed by atoms with E-state index in [1.165, 1.54) is 11.1 Å². The number of guanidine groups is 1. The minimum Gasteiger partial charge on any atom is -0.370 e. The molecule has 0 bridgehead atoms. The molecule has 1 unspecified atom stereocenters. The molecule has 1 aliphatic rings. The summed E-state index contributed by atoms with van der Waals surface area (Å²) in [6.45, 7) is 0.843. The Balaban J connectivity index is 0.00000320. The number of halogens is 1. The molecule has 8 N–H and O–H groups in total. The number of aromatic amines is 1. The second kappa shape index (κ2) is 11.1. The van der Waals surface area contributed by atoms with Crippen molar-refractivity contribution in [3.8, 4) is 0 Å². The van der Waals surface area contributed by atoms with E-state index in [-0.39, 0.29) is 30.3 Å². The van der Waals surface area contributed by atoms with Crippen LogP contribution in [0.1, 0.15) is 42.1 Å². The number of carbonyl (C=O) groups excluding carboxylic acids is 1. The highest BCUT2D eigenvalue weighted by molar-refractivity contribution is 7.71. The molecule has 0 radical (unpaired) electrons. The van der Waals surface area contributed by atoms with E-state index in [4.69, 9.17) is 29.4 Å². The Morgan fingerprint density at radius 2 is 2.07 bits per heavy atom. The Labute approximate surface area is 187 Å². The molecule has 3 rings (SSSR count). The summed E-state index contributed by atoms with van der Waals surface area (Å²) < 4.78 is 2.82. The number of aryl methyl sites for hydroxylation is 1. The minimum atomic E-state index is -0.596. The highest BCUT2D eigenvalue weighted by atomic mass is 35.5. The van der Waals surface area contributed by atoms with Crippen LogP contribution in [-0.4, -0.2) is 34.0 Å². The summed E-state index contributed by atoms with van der Waals surface area (Å²) in [5, 5.41) is 2.92. The van der Waals surface area contributed by atoms with Crippen LogP contribution < -0.4 is 22.5 Å². The molecule has 0 saturated heterocycles. The van der Waals surface area contributed by atoms with E-state index < -0.39 is 6.04 Å². The molecule has 1 heterocycles. The van der Waals surface area contributed by atoms with E-state index in [0.717, 1.165) is 25.0 Å². The van der Waals surface area contributed by atoms with Gasteiger partial charge in [0.2, 0.25) is 5.91 Å². The van der Waals surface area contributed by atoms with Gasteiger partial charge >= 0.3 is 0 Å². The Morgan fingerprint density at radius 1 is 1.33 bits per heavy atom. The first-order valence-electron chi connectivity index (χ1n) is 9.90. The van der Waals surface area contributed by atoms with Gasteiger partial charge in [-0.15, -0.1) is 12.4 Å². The van der Waals surface area contributed by atoms with Crippen molar-refractivity contribution in [2.75, 3.05) is 6.54 Å². The molecule has 2 atom stereocenters. The average Bonchev–Trinajstić information content (AvgIpc) is 3.09. The van der Waals surface area contributed by atoms with Crippen molar-refractivity contribution in [1.29, 1.82) is 0 Å². The third-order valence-electron chi connectivity index (χ3n) is 5.32. The normalized spacial score (nSPS) is 16.1. The van der Waals surface area contributed by atoms with Crippen LogP contribution >= 0.6 is 24.6 Å². The van der Waals surface area contributed by atoms with Gasteiger partial charge in [0.1, 0.15) is 0 Å². The fraction of sp³-hybridized carbons (Fsp3) is 0.450. The number of H-pyrrole nitrogens is 1. The summed E-state index contributed by atoms with van der Waals surface area (Å²) in [5.74, 6) is -0.146. The van der Waals surface area contributed by atoms with Gasteiger partial charge in [-0.3, -0.25) is 9.79 Å². The third kappa shape index (κ3) is 6.07. The molecule has 8 nitrogen and oxygen atoms in total. The van der Waals surface area contributed by atoms with Crippen molar-refractivity contribution in [2.24, 2.45) is 22.2 Å². The zero-order valence-electron chi connectivity index (χ0n) is 16.8. The van der Waals surface area contributed by atoms with Gasteiger partial charge in [0, 0.05) is 18.8 Å². The van der Waals surface area contributed by atoms with Gasteiger partial charge in [0.15, 0.2) is 10.7 Å². The molecule has 1 aliphatic carbocycles. The van der Waals surface area contributed by atoms with Crippen LogP contribution in [0.25, 0.3) is 0 Å². The fourth-order valence-electron chi connectivity index (χ4n) is 3.81. The molecule has 164 valence electrons. The van der Waals surface area contributed by atoms with Crippen LogP contribution in [0.15, 0.2) is 35.5 Å². The summed E-state index contributed by atoms with van der Waals surface area (Å²) >= 11 is 5.51. The molecule has 0 fully saturated rings. The predicted octanol–water partition coefficient (Wildman–Crippen LogP) is 1.69. The number of benzene rings is 1. The minimum absolute atomic E-state index is 0. The summed E-state index contributed by atoms with van der Waals surface area (Å²) in [6.07, 6.45) is 6.02. The highest BCUT2D eigenvalue weighted by Gasteiger charge is 2.22. The van der Waals surface area contributed by atoms with Crippen molar-refractivity contribution in [2.45, 2.75) is 50.7 Å². The topological polar surface area (TPSA) is 140 Å². The molecule has 1 aromatic carbocycles. The lowest BCUT2D eigenvalue weighted by molar-refractivity contribution is -0.122. The lowest BCUT2D eigenvalue weighted by atomic mass is 9.88. The van der Waals surface area contributed by atoms with Gasteiger partial charge in [-0.1, -0.05) is 24.3 Å². The number of nitrogens with zero attached hydrogens (tertiary/aromatic N) is 2. The van der Waals surface area contributed by atoms with E-state index in [0.29, 0.717) is 30.7 Å². The SMILES string of the molecule is Cl.NC(N)=NCCC[C@H](N)C(=O)NCc1c[nH]c(=S)n1C1CCc2ccccc2C1. The van der Waals surface area contributed by atoms with Crippen LogP contribution in [0, 0.1) is 4.77 Å². The molecule has 1 amide bonds. The van der Waals surface area contributed by atoms with E-state index in [2.05, 4.69) is 44.1 Å². The number of rotatable bonds is 8. The van der Waals surface area contributed by atoms with Crippen LogP contribution in [-0.2, 0) is 24.2 Å². The second-order valence-electron chi connectivity index (χ2n) is 7.39. The molecule has 2 aromatic rings. The lowest BCUT2D eigenvalue weighted by Gasteiger charge is -2.27. The molecule has 0 saturated carbocycles. The number of carbonyl (C=O) groups is 1. The summed E-state index contributed by atoms with van der Waals surface area (Å²) in [7, 11) is 0. The Hall–Kier alpha value is -2.36. The quantitative estimate of drug-likeness (QED) is 0.180. The smallest absolute Gasteiger partial charge is 0.237 e. The molecular formula is C20H30ClN7OS. The van der Waals surface area contributed by atoms with Gasteiger partial charge in [-0.25, -0.2) is 0 Å². The molecule has 10 heteroatoms. The maximum atomic E-state index is 12.3. The molecule has 0 aliphatic heterocycles. The first-order chi connectivity index (χ1) is 14.0. The molecule has 0 spiro atoms.